The monoisotopic (exact) mass is 84.0 g/mol. The fraction of sp³-hybridized carbons (Fsp3) is 0. The Hall–Kier alpha value is 0.600. The summed E-state index contributed by atoms with van der Waals surface area (Å²) in [4.78, 5) is 8.36. The second-order valence-electron chi connectivity index (χ2n) is 0.105. The first kappa shape index (κ1) is 17.5. The topological polar surface area (TPSA) is 37.3 Å². The quantitative estimate of drug-likeness (QED) is 0.247. The van der Waals surface area contributed by atoms with Crippen molar-refractivity contribution in [1.29, 1.82) is 0 Å². The van der Waals surface area contributed by atoms with Gasteiger partial charge in [0.2, 0.25) is 0 Å². The van der Waals surface area contributed by atoms with E-state index >= 15 is 0 Å². The first-order valence-corrected chi connectivity index (χ1v) is 0.494. The maximum absolute atomic E-state index is 8.36. The third-order valence-corrected chi connectivity index (χ3v) is 0. The van der Waals surface area contributed by atoms with Crippen molar-refractivity contribution in [2.75, 3.05) is 0 Å². The average Bonchev–Trinajstić information content (AvgIpc) is 0.918. The fourth-order valence-corrected chi connectivity index (χ4v) is 0. The van der Waals surface area contributed by atoms with Gasteiger partial charge < -0.3 is 10.8 Å². The zero-order valence-corrected chi connectivity index (χ0v) is 4.16. The first-order valence-electron chi connectivity index (χ1n) is 0.494. The van der Waals surface area contributed by atoms with E-state index in [1.807, 2.05) is 0 Å². The Kier molecular flexibility index (Phi) is 81.6. The van der Waals surface area contributed by atoms with E-state index in [9.17, 15) is 0 Å². The van der Waals surface area contributed by atoms with Gasteiger partial charge in [-0.1, -0.05) is 0 Å². The predicted octanol–water partition coefficient (Wildman–Crippen LogP) is -3.23. The van der Waals surface area contributed by atoms with Crippen LogP contribution in [0.15, 0.2) is 0 Å². The molecule has 5 heavy (non-hydrogen) atoms. The maximum Gasteiger partial charge on any atom is 3.00 e. The van der Waals surface area contributed by atoms with Crippen LogP contribution in [0, 0.1) is 0 Å². The van der Waals surface area contributed by atoms with Crippen molar-refractivity contribution >= 4 is 23.8 Å². The van der Waals surface area contributed by atoms with Gasteiger partial charge in [0.05, 0.1) is 0 Å². The summed E-state index contributed by atoms with van der Waals surface area (Å²) in [5, 5.41) is 6.89. The summed E-state index contributed by atoms with van der Waals surface area (Å²) >= 11 is 0. The molecule has 0 heterocycles. The molecule has 0 rings (SSSR count). The minimum Gasteiger partial charge on any atom is -1.00 e. The molecule has 0 atom stereocenters. The molecule has 0 spiro atoms. The molecular weight excluding hydrogens is 77.9 g/mol. The molecule has 0 aliphatic carbocycles. The fourth-order valence-electron chi connectivity index (χ4n) is 0. The van der Waals surface area contributed by atoms with Crippen molar-refractivity contribution in [2.45, 2.75) is 0 Å². The SMILES string of the molecule is O=CO.[Al+3].[H-].[H-].[H-].[H-].[Li+]. The van der Waals surface area contributed by atoms with E-state index in [4.69, 9.17) is 9.90 Å². The molecule has 0 aromatic carbocycles. The Balaban J connectivity index is -0.00000000133. The van der Waals surface area contributed by atoms with Crippen LogP contribution >= 0.6 is 0 Å². The van der Waals surface area contributed by atoms with E-state index < -0.39 is 0 Å². The molecule has 0 unspecified atom stereocenters. The van der Waals surface area contributed by atoms with Gasteiger partial charge in [-0.25, -0.2) is 0 Å². The molecule has 0 amide bonds. The van der Waals surface area contributed by atoms with Gasteiger partial charge in [0.15, 0.2) is 0 Å². The van der Waals surface area contributed by atoms with E-state index in [2.05, 4.69) is 0 Å². The van der Waals surface area contributed by atoms with Crippen LogP contribution in [0.25, 0.3) is 0 Å². The minimum atomic E-state index is -0.250. The molecule has 0 aliphatic heterocycles. The van der Waals surface area contributed by atoms with Crippen LogP contribution in [0.3, 0.4) is 0 Å². The van der Waals surface area contributed by atoms with Crippen LogP contribution in [0.2, 0.25) is 0 Å². The number of carbonyl (C=O) groups is 1. The van der Waals surface area contributed by atoms with Crippen LogP contribution in [-0.4, -0.2) is 28.9 Å². The van der Waals surface area contributed by atoms with Gasteiger partial charge in [-0.15, -0.1) is 0 Å². The second kappa shape index (κ2) is 23.3. The van der Waals surface area contributed by atoms with Gasteiger partial charge in [-0.05, 0) is 0 Å². The van der Waals surface area contributed by atoms with Gasteiger partial charge in [0.25, 0.3) is 6.47 Å². The number of hydrogen-bond acceptors (Lipinski definition) is 1. The molecule has 0 aromatic heterocycles. The number of carboxylic acid groups (broad SMARTS) is 1. The molecule has 0 saturated heterocycles. The summed E-state index contributed by atoms with van der Waals surface area (Å²) in [5.74, 6) is 0. The molecule has 0 bridgehead atoms. The predicted molar refractivity (Wildman–Crippen MR) is 18.9 cm³/mol. The molecule has 2 nitrogen and oxygen atoms in total. The van der Waals surface area contributed by atoms with Crippen LogP contribution in [0.1, 0.15) is 5.71 Å². The van der Waals surface area contributed by atoms with Gasteiger partial charge in [0, 0.05) is 0 Å². The zero-order valence-electron chi connectivity index (χ0n) is 7.01. The van der Waals surface area contributed by atoms with Crippen molar-refractivity contribution in [3.8, 4) is 0 Å². The molecular formula is CH6AlLiO2. The van der Waals surface area contributed by atoms with Crippen molar-refractivity contribution < 1.29 is 34.5 Å². The molecule has 0 aromatic rings. The van der Waals surface area contributed by atoms with Crippen LogP contribution < -0.4 is 18.9 Å². The van der Waals surface area contributed by atoms with Crippen molar-refractivity contribution in [3.63, 3.8) is 0 Å². The van der Waals surface area contributed by atoms with Gasteiger partial charge in [0.1, 0.15) is 0 Å². The summed E-state index contributed by atoms with van der Waals surface area (Å²) < 4.78 is 0. The van der Waals surface area contributed by atoms with Gasteiger partial charge in [-0.3, -0.25) is 4.79 Å². The zero-order chi connectivity index (χ0) is 2.71. The van der Waals surface area contributed by atoms with Gasteiger partial charge in [-0.2, -0.15) is 0 Å². The van der Waals surface area contributed by atoms with E-state index in [0.717, 1.165) is 0 Å². The van der Waals surface area contributed by atoms with Crippen molar-refractivity contribution in [2.24, 2.45) is 0 Å². The Morgan fingerprint density at radius 3 is 1.80 bits per heavy atom. The van der Waals surface area contributed by atoms with Crippen LogP contribution in [0.5, 0.6) is 0 Å². The smallest absolute Gasteiger partial charge is 1.00 e. The minimum absolute atomic E-state index is 0. The number of hydrogen-bond donors (Lipinski definition) is 1. The summed E-state index contributed by atoms with van der Waals surface area (Å²) in [6.07, 6.45) is 0. The largest absolute Gasteiger partial charge is 3.00 e. The Morgan fingerprint density at radius 1 is 1.80 bits per heavy atom. The van der Waals surface area contributed by atoms with E-state index in [1.54, 1.807) is 0 Å². The Bertz CT molecular complexity index is 26.0. The molecule has 0 saturated carbocycles. The average molecular weight is 84.0 g/mol. The molecule has 1 N–H and O–H groups in total. The summed E-state index contributed by atoms with van der Waals surface area (Å²) in [5.41, 5.74) is 0. The Labute approximate surface area is 58.8 Å². The summed E-state index contributed by atoms with van der Waals surface area (Å²) in [6.45, 7) is -0.250. The van der Waals surface area contributed by atoms with E-state index in [0.29, 0.717) is 0 Å². The van der Waals surface area contributed by atoms with E-state index in [1.165, 1.54) is 0 Å². The first-order chi connectivity index (χ1) is 1.41. The van der Waals surface area contributed by atoms with E-state index in [-0.39, 0.29) is 48.4 Å². The summed E-state index contributed by atoms with van der Waals surface area (Å²) in [6, 6.07) is 0. The van der Waals surface area contributed by atoms with Crippen LogP contribution in [0.4, 0.5) is 0 Å². The maximum atomic E-state index is 8.36. The van der Waals surface area contributed by atoms with Gasteiger partial charge >= 0.3 is 36.2 Å². The third-order valence-electron chi connectivity index (χ3n) is 0. The second-order valence-corrected chi connectivity index (χ2v) is 0.105. The normalized spacial score (nSPS) is 2.40. The molecule has 0 radical (unpaired) electrons. The standard InChI is InChI=1S/CH2O2.Al.Li.4H/c2-1-3;;;;;;/h1H,(H,2,3);;;;;;/q;+3;+1;4*-1. The number of rotatable bonds is 0. The van der Waals surface area contributed by atoms with Crippen LogP contribution in [-0.2, 0) is 4.79 Å². The Morgan fingerprint density at radius 2 is 1.80 bits per heavy atom. The van der Waals surface area contributed by atoms with Crippen molar-refractivity contribution in [3.05, 3.63) is 0 Å². The molecule has 0 aliphatic rings. The third kappa shape index (κ3) is 86.4. The summed E-state index contributed by atoms with van der Waals surface area (Å²) in [7, 11) is 0. The molecule has 4 heteroatoms. The molecule has 0 fully saturated rings. The van der Waals surface area contributed by atoms with Crippen molar-refractivity contribution in [1.82, 2.24) is 0 Å². The molecule has 26 valence electrons.